The number of nitro benzene ring substituents is 1. The second-order valence-electron chi connectivity index (χ2n) is 5.29. The van der Waals surface area contributed by atoms with Gasteiger partial charge in [0.05, 0.1) is 26.3 Å². The highest BCUT2D eigenvalue weighted by molar-refractivity contribution is 7.99. The number of rotatable bonds is 7. The maximum absolute atomic E-state index is 12.2. The summed E-state index contributed by atoms with van der Waals surface area (Å²) in [6.07, 6.45) is 0. The largest absolute Gasteiger partial charge is 0.324 e. The van der Waals surface area contributed by atoms with Gasteiger partial charge in [-0.3, -0.25) is 14.9 Å². The highest BCUT2D eigenvalue weighted by atomic mass is 35.5. The average Bonchev–Trinajstić information content (AvgIpc) is 3.30. The van der Waals surface area contributed by atoms with Gasteiger partial charge in [0.2, 0.25) is 5.91 Å². The third kappa shape index (κ3) is 4.46. The highest BCUT2D eigenvalue weighted by Crippen LogP contribution is 2.29. The highest BCUT2D eigenvalue weighted by Gasteiger charge is 2.16. The van der Waals surface area contributed by atoms with Crippen LogP contribution in [0.15, 0.2) is 40.9 Å². The summed E-state index contributed by atoms with van der Waals surface area (Å²) in [5.41, 5.74) is 0.189. The van der Waals surface area contributed by atoms with Crippen molar-refractivity contribution in [2.75, 3.05) is 11.1 Å². The Morgan fingerprint density at radius 3 is 2.85 bits per heavy atom. The van der Waals surface area contributed by atoms with E-state index < -0.39 is 4.92 Å². The fraction of sp³-hybridized carbons (Fsp3) is 0.188. The second kappa shape index (κ2) is 8.51. The van der Waals surface area contributed by atoms with Crippen molar-refractivity contribution >= 4 is 52.0 Å². The van der Waals surface area contributed by atoms with E-state index >= 15 is 0 Å². The average molecular weight is 424 g/mol. The molecule has 2 heterocycles. The predicted octanol–water partition coefficient (Wildman–Crippen LogP) is 4.32. The molecule has 2 aromatic heterocycles. The van der Waals surface area contributed by atoms with Gasteiger partial charge in [0.15, 0.2) is 11.0 Å². The molecule has 0 aliphatic rings. The maximum Gasteiger partial charge on any atom is 0.271 e. The summed E-state index contributed by atoms with van der Waals surface area (Å²) in [7, 11) is 0. The smallest absolute Gasteiger partial charge is 0.271 e. The quantitative estimate of drug-likeness (QED) is 0.345. The van der Waals surface area contributed by atoms with Gasteiger partial charge in [-0.1, -0.05) is 29.4 Å². The van der Waals surface area contributed by atoms with Crippen LogP contribution in [0.3, 0.4) is 0 Å². The Hall–Kier alpha value is -2.43. The Bertz CT molecular complexity index is 975. The molecule has 1 amide bonds. The van der Waals surface area contributed by atoms with Crippen molar-refractivity contribution in [2.24, 2.45) is 0 Å². The number of anilines is 1. The molecule has 1 aromatic carbocycles. The van der Waals surface area contributed by atoms with Gasteiger partial charge in [-0.05, 0) is 24.4 Å². The first-order chi connectivity index (χ1) is 13.0. The van der Waals surface area contributed by atoms with E-state index in [4.69, 9.17) is 11.6 Å². The van der Waals surface area contributed by atoms with Crippen LogP contribution in [-0.2, 0) is 11.3 Å². The molecule has 0 saturated carbocycles. The van der Waals surface area contributed by atoms with Crippen molar-refractivity contribution in [3.05, 3.63) is 50.8 Å². The number of nitrogens with one attached hydrogen (secondary N) is 1. The van der Waals surface area contributed by atoms with Crippen LogP contribution in [0.5, 0.6) is 0 Å². The molecule has 11 heteroatoms. The molecule has 0 atom stereocenters. The minimum absolute atomic E-state index is 0.107. The minimum Gasteiger partial charge on any atom is -0.324 e. The number of amides is 1. The number of hydrogen-bond acceptors (Lipinski definition) is 7. The van der Waals surface area contributed by atoms with Gasteiger partial charge in [0.25, 0.3) is 5.69 Å². The lowest BCUT2D eigenvalue weighted by atomic mass is 10.3. The van der Waals surface area contributed by atoms with E-state index in [1.807, 2.05) is 29.0 Å². The Kier molecular flexibility index (Phi) is 6.09. The number of nitrogens with zero attached hydrogens (tertiary/aromatic N) is 4. The van der Waals surface area contributed by atoms with Gasteiger partial charge in [-0.15, -0.1) is 21.5 Å². The van der Waals surface area contributed by atoms with Gasteiger partial charge in [-0.25, -0.2) is 0 Å². The van der Waals surface area contributed by atoms with E-state index in [-0.39, 0.29) is 22.4 Å². The van der Waals surface area contributed by atoms with Gasteiger partial charge >= 0.3 is 0 Å². The zero-order valence-corrected chi connectivity index (χ0v) is 16.5. The van der Waals surface area contributed by atoms with E-state index in [1.165, 1.54) is 30.0 Å². The Balaban J connectivity index is 1.65. The van der Waals surface area contributed by atoms with E-state index in [2.05, 4.69) is 15.5 Å². The summed E-state index contributed by atoms with van der Waals surface area (Å²) in [5.74, 6) is 0.587. The molecule has 3 aromatic rings. The molecule has 3 rings (SSSR count). The summed E-state index contributed by atoms with van der Waals surface area (Å²) < 4.78 is 1.95. The molecule has 0 aliphatic carbocycles. The SMILES string of the molecule is CCn1c(SCC(=O)Nc2ccc([N+](=O)[O-])cc2Cl)nnc1-c1cccs1. The number of thioether (sulfide) groups is 1. The lowest BCUT2D eigenvalue weighted by molar-refractivity contribution is -0.384. The fourth-order valence-corrected chi connectivity index (χ4v) is 4.05. The predicted molar refractivity (Wildman–Crippen MR) is 106 cm³/mol. The van der Waals surface area contributed by atoms with Crippen molar-refractivity contribution in [2.45, 2.75) is 18.6 Å². The normalized spacial score (nSPS) is 10.7. The molecular formula is C16H14ClN5O3S2. The lowest BCUT2D eigenvalue weighted by Gasteiger charge is -2.08. The van der Waals surface area contributed by atoms with Crippen molar-refractivity contribution in [1.29, 1.82) is 0 Å². The standard InChI is InChI=1S/C16H14ClN5O3S2/c1-2-21-15(13-4-3-7-26-13)19-20-16(21)27-9-14(23)18-12-6-5-10(22(24)25)8-11(12)17/h3-8H,2,9H2,1H3,(H,18,23). The number of carbonyl (C=O) groups excluding carboxylic acids is 1. The van der Waals surface area contributed by atoms with Crippen LogP contribution in [0.1, 0.15) is 6.92 Å². The summed E-state index contributed by atoms with van der Waals surface area (Å²) in [6.45, 7) is 2.67. The summed E-state index contributed by atoms with van der Waals surface area (Å²) in [5, 5.41) is 24.5. The number of hydrogen-bond donors (Lipinski definition) is 1. The van der Waals surface area contributed by atoms with Crippen molar-refractivity contribution < 1.29 is 9.72 Å². The molecule has 0 bridgehead atoms. The van der Waals surface area contributed by atoms with Gasteiger partial charge < -0.3 is 9.88 Å². The molecule has 0 aliphatic heterocycles. The topological polar surface area (TPSA) is 103 Å². The van der Waals surface area contributed by atoms with E-state index in [0.717, 1.165) is 10.7 Å². The van der Waals surface area contributed by atoms with Crippen LogP contribution in [-0.4, -0.2) is 31.3 Å². The van der Waals surface area contributed by atoms with Crippen LogP contribution in [0.25, 0.3) is 10.7 Å². The lowest BCUT2D eigenvalue weighted by Crippen LogP contribution is -2.15. The molecule has 27 heavy (non-hydrogen) atoms. The molecular weight excluding hydrogens is 410 g/mol. The van der Waals surface area contributed by atoms with Crippen LogP contribution < -0.4 is 5.32 Å². The number of carbonyl (C=O) groups is 1. The molecule has 0 saturated heterocycles. The van der Waals surface area contributed by atoms with Crippen molar-refractivity contribution in [1.82, 2.24) is 14.8 Å². The monoisotopic (exact) mass is 423 g/mol. The summed E-state index contributed by atoms with van der Waals surface area (Å²) >= 11 is 8.83. The number of aromatic nitrogens is 3. The van der Waals surface area contributed by atoms with E-state index in [1.54, 1.807) is 11.3 Å². The molecule has 0 spiro atoms. The molecule has 1 N–H and O–H groups in total. The number of halogens is 1. The second-order valence-corrected chi connectivity index (χ2v) is 7.58. The van der Waals surface area contributed by atoms with Gasteiger partial charge in [-0.2, -0.15) is 0 Å². The molecule has 8 nitrogen and oxygen atoms in total. The zero-order valence-electron chi connectivity index (χ0n) is 14.1. The van der Waals surface area contributed by atoms with Crippen molar-refractivity contribution in [3.8, 4) is 10.7 Å². The van der Waals surface area contributed by atoms with Crippen LogP contribution >= 0.6 is 34.7 Å². The summed E-state index contributed by atoms with van der Waals surface area (Å²) in [4.78, 5) is 23.4. The van der Waals surface area contributed by atoms with Gasteiger partial charge in [0, 0.05) is 18.7 Å². The zero-order chi connectivity index (χ0) is 19.4. The van der Waals surface area contributed by atoms with Crippen LogP contribution in [0.4, 0.5) is 11.4 Å². The number of nitro groups is 1. The van der Waals surface area contributed by atoms with E-state index in [0.29, 0.717) is 17.4 Å². The fourth-order valence-electron chi connectivity index (χ4n) is 2.30. The number of non-ortho nitro benzene ring substituents is 1. The first kappa shape index (κ1) is 19.3. The first-order valence-electron chi connectivity index (χ1n) is 7.83. The minimum atomic E-state index is -0.546. The van der Waals surface area contributed by atoms with Gasteiger partial charge in [0.1, 0.15) is 0 Å². The van der Waals surface area contributed by atoms with Crippen LogP contribution in [0.2, 0.25) is 5.02 Å². The maximum atomic E-state index is 12.2. The number of benzene rings is 1. The Labute approximate surface area is 167 Å². The third-order valence-corrected chi connectivity index (χ3v) is 5.69. The number of thiophene rings is 1. The molecule has 140 valence electrons. The van der Waals surface area contributed by atoms with Crippen LogP contribution in [0, 0.1) is 10.1 Å². The molecule has 0 radical (unpaired) electrons. The van der Waals surface area contributed by atoms with E-state index in [9.17, 15) is 14.9 Å². The Morgan fingerprint density at radius 2 is 2.22 bits per heavy atom. The molecule has 0 unspecified atom stereocenters. The Morgan fingerprint density at radius 1 is 1.41 bits per heavy atom. The van der Waals surface area contributed by atoms with Crippen molar-refractivity contribution in [3.63, 3.8) is 0 Å². The third-order valence-electron chi connectivity index (χ3n) is 3.54. The first-order valence-corrected chi connectivity index (χ1v) is 10.1. The summed E-state index contributed by atoms with van der Waals surface area (Å²) in [6, 6.07) is 7.81. The molecule has 0 fully saturated rings.